The van der Waals surface area contributed by atoms with Crippen LogP contribution in [0.4, 0.5) is 5.69 Å². The topological polar surface area (TPSA) is 71.9 Å². The van der Waals surface area contributed by atoms with Crippen LogP contribution < -0.4 is 10.1 Å². The normalized spacial score (nSPS) is 10.7. The first-order valence-electron chi connectivity index (χ1n) is 10.3. The van der Waals surface area contributed by atoms with Crippen molar-refractivity contribution in [2.24, 2.45) is 0 Å². The van der Waals surface area contributed by atoms with Crippen LogP contribution in [0.2, 0.25) is 0 Å². The Morgan fingerprint density at radius 1 is 1.00 bits per heavy atom. The van der Waals surface area contributed by atoms with E-state index in [9.17, 15) is 4.79 Å². The third kappa shape index (κ3) is 5.31. The van der Waals surface area contributed by atoms with Crippen molar-refractivity contribution < 1.29 is 9.53 Å². The molecule has 0 radical (unpaired) electrons. The number of rotatable bonds is 7. The zero-order chi connectivity index (χ0) is 22.5. The van der Waals surface area contributed by atoms with Crippen LogP contribution in [0, 0.1) is 18.6 Å². The Morgan fingerprint density at radius 2 is 1.75 bits per heavy atom. The number of ether oxygens (including phenoxy) is 1. The quantitative estimate of drug-likeness (QED) is 0.341. The molecule has 0 aliphatic carbocycles. The summed E-state index contributed by atoms with van der Waals surface area (Å²) >= 11 is 5.36. The Balaban J connectivity index is 1.36. The highest BCUT2D eigenvalue weighted by molar-refractivity contribution is 7.71. The van der Waals surface area contributed by atoms with E-state index in [1.807, 2.05) is 91.2 Å². The molecule has 1 amide bonds. The zero-order valence-electron chi connectivity index (χ0n) is 18.0. The number of anilines is 1. The molecule has 0 atom stereocenters. The number of carbonyl (C=O) groups excluding carboxylic acids is 1. The van der Waals surface area contributed by atoms with Gasteiger partial charge in [0, 0.05) is 24.2 Å². The minimum absolute atomic E-state index is 0.102. The van der Waals surface area contributed by atoms with Crippen molar-refractivity contribution in [3.05, 3.63) is 88.7 Å². The monoisotopic (exact) mass is 444 g/mol. The van der Waals surface area contributed by atoms with Gasteiger partial charge in [-0.05, 0) is 68.0 Å². The third-order valence-corrected chi connectivity index (χ3v) is 5.31. The van der Waals surface area contributed by atoms with Gasteiger partial charge in [0.25, 0.3) is 0 Å². The fourth-order valence-electron chi connectivity index (χ4n) is 3.31. The summed E-state index contributed by atoms with van der Waals surface area (Å²) in [5.74, 6) is 2.11. The van der Waals surface area contributed by atoms with Gasteiger partial charge in [-0.15, -0.1) is 0 Å². The molecule has 32 heavy (non-hydrogen) atoms. The van der Waals surface area contributed by atoms with Gasteiger partial charge in [-0.2, -0.15) is 5.10 Å². The Bertz CT molecular complexity index is 1270. The summed E-state index contributed by atoms with van der Waals surface area (Å²) in [5.41, 5.74) is 3.97. The molecule has 1 aromatic heterocycles. The molecule has 0 fully saturated rings. The lowest BCUT2D eigenvalue weighted by atomic mass is 10.1. The van der Waals surface area contributed by atoms with E-state index in [1.165, 1.54) is 5.56 Å². The van der Waals surface area contributed by atoms with Crippen molar-refractivity contribution in [3.8, 4) is 22.9 Å². The zero-order valence-corrected chi connectivity index (χ0v) is 18.8. The van der Waals surface area contributed by atoms with Crippen molar-refractivity contribution in [1.82, 2.24) is 14.8 Å². The molecular weight excluding hydrogens is 420 g/mol. The Kier molecular flexibility index (Phi) is 6.47. The molecule has 0 bridgehead atoms. The minimum Gasteiger partial charge on any atom is -0.457 e. The molecule has 7 heteroatoms. The molecule has 4 rings (SSSR count). The summed E-state index contributed by atoms with van der Waals surface area (Å²) in [6.07, 6.45) is 0.272. The second kappa shape index (κ2) is 9.62. The molecule has 0 aliphatic rings. The maximum Gasteiger partial charge on any atom is 0.226 e. The molecule has 6 nitrogen and oxygen atoms in total. The average molecular weight is 445 g/mol. The summed E-state index contributed by atoms with van der Waals surface area (Å²) in [5, 5.41) is 10.1. The number of hydrogen-bond donors (Lipinski definition) is 2. The molecule has 3 aromatic carbocycles. The Morgan fingerprint density at radius 3 is 2.47 bits per heavy atom. The number of aromatic amines is 1. The summed E-state index contributed by atoms with van der Waals surface area (Å²) in [6.45, 7) is 4.48. The standard InChI is InChI=1S/C25H24N4O2S/c1-17-6-8-19(9-7-17)24-27-28-25(32)29(24)15-14-23(30)26-20-10-12-21(13-11-20)31-22-5-3-4-18(2)16-22/h3-13,16H,14-15H2,1-2H3,(H,26,30)(H,28,32). The van der Waals surface area contributed by atoms with Crippen molar-refractivity contribution in [2.45, 2.75) is 26.8 Å². The highest BCUT2D eigenvalue weighted by atomic mass is 32.1. The highest BCUT2D eigenvalue weighted by Gasteiger charge is 2.11. The molecule has 162 valence electrons. The predicted molar refractivity (Wildman–Crippen MR) is 129 cm³/mol. The van der Waals surface area contributed by atoms with Crippen LogP contribution >= 0.6 is 12.2 Å². The number of H-pyrrole nitrogens is 1. The summed E-state index contributed by atoms with van der Waals surface area (Å²) < 4.78 is 8.19. The lowest BCUT2D eigenvalue weighted by Gasteiger charge is -2.10. The second-order valence-electron chi connectivity index (χ2n) is 7.61. The third-order valence-electron chi connectivity index (χ3n) is 4.99. The van der Waals surface area contributed by atoms with Gasteiger partial charge in [0.1, 0.15) is 11.5 Å². The number of aryl methyl sites for hydroxylation is 2. The van der Waals surface area contributed by atoms with Gasteiger partial charge in [0.2, 0.25) is 5.91 Å². The number of nitrogens with one attached hydrogen (secondary N) is 2. The summed E-state index contributed by atoms with van der Waals surface area (Å²) in [4.78, 5) is 12.5. The van der Waals surface area contributed by atoms with Gasteiger partial charge in [-0.1, -0.05) is 42.0 Å². The molecule has 2 N–H and O–H groups in total. The first-order valence-corrected chi connectivity index (χ1v) is 10.8. The molecule has 1 heterocycles. The van der Waals surface area contributed by atoms with E-state index in [0.29, 0.717) is 22.8 Å². The molecule has 0 saturated heterocycles. The highest BCUT2D eigenvalue weighted by Crippen LogP contribution is 2.24. The molecule has 4 aromatic rings. The lowest BCUT2D eigenvalue weighted by Crippen LogP contribution is -2.15. The van der Waals surface area contributed by atoms with Gasteiger partial charge < -0.3 is 10.1 Å². The number of nitrogens with zero attached hydrogens (tertiary/aromatic N) is 2. The van der Waals surface area contributed by atoms with Gasteiger partial charge in [-0.3, -0.25) is 14.5 Å². The summed E-state index contributed by atoms with van der Waals surface area (Å²) in [7, 11) is 0. The first kappa shape index (κ1) is 21.5. The Labute approximate surface area is 191 Å². The molecule has 0 spiro atoms. The van der Waals surface area contributed by atoms with Gasteiger partial charge in [0.15, 0.2) is 10.6 Å². The van der Waals surface area contributed by atoms with Crippen molar-refractivity contribution in [3.63, 3.8) is 0 Å². The fourth-order valence-corrected chi connectivity index (χ4v) is 3.53. The number of carbonyl (C=O) groups is 1. The van der Waals surface area contributed by atoms with Crippen LogP contribution in [-0.4, -0.2) is 20.7 Å². The van der Waals surface area contributed by atoms with Crippen molar-refractivity contribution in [1.29, 1.82) is 0 Å². The van der Waals surface area contributed by atoms with Crippen molar-refractivity contribution >= 4 is 23.8 Å². The van der Waals surface area contributed by atoms with E-state index >= 15 is 0 Å². The van der Waals surface area contributed by atoms with Crippen LogP contribution in [0.1, 0.15) is 17.5 Å². The maximum atomic E-state index is 12.5. The number of hydrogen-bond acceptors (Lipinski definition) is 4. The first-order chi connectivity index (χ1) is 15.5. The van der Waals surface area contributed by atoms with Crippen LogP contribution in [-0.2, 0) is 11.3 Å². The predicted octanol–water partition coefficient (Wildman–Crippen LogP) is 6.05. The molecule has 0 aliphatic heterocycles. The second-order valence-corrected chi connectivity index (χ2v) is 8.00. The maximum absolute atomic E-state index is 12.5. The number of aromatic nitrogens is 3. The number of benzene rings is 3. The Hall–Kier alpha value is -3.71. The minimum atomic E-state index is -0.102. The molecular formula is C25H24N4O2S. The van der Waals surface area contributed by atoms with E-state index in [1.54, 1.807) is 0 Å². The SMILES string of the molecule is Cc1ccc(-c2n[nH]c(=S)n2CCC(=O)Nc2ccc(Oc3cccc(C)c3)cc2)cc1. The van der Waals surface area contributed by atoms with Crippen LogP contribution in [0.5, 0.6) is 11.5 Å². The number of amides is 1. The smallest absolute Gasteiger partial charge is 0.226 e. The van der Waals surface area contributed by atoms with E-state index < -0.39 is 0 Å². The lowest BCUT2D eigenvalue weighted by molar-refractivity contribution is -0.116. The van der Waals surface area contributed by atoms with E-state index in [0.717, 1.165) is 22.7 Å². The van der Waals surface area contributed by atoms with Crippen LogP contribution in [0.25, 0.3) is 11.4 Å². The fraction of sp³-hybridized carbons (Fsp3) is 0.160. The van der Waals surface area contributed by atoms with Gasteiger partial charge in [0.05, 0.1) is 0 Å². The molecule has 0 saturated carbocycles. The van der Waals surface area contributed by atoms with E-state index in [2.05, 4.69) is 15.5 Å². The van der Waals surface area contributed by atoms with E-state index in [-0.39, 0.29) is 12.3 Å². The van der Waals surface area contributed by atoms with Crippen molar-refractivity contribution in [2.75, 3.05) is 5.32 Å². The molecule has 0 unspecified atom stereocenters. The largest absolute Gasteiger partial charge is 0.457 e. The average Bonchev–Trinajstić information content (AvgIpc) is 3.14. The van der Waals surface area contributed by atoms with Crippen LogP contribution in [0.15, 0.2) is 72.8 Å². The summed E-state index contributed by atoms with van der Waals surface area (Å²) in [6, 6.07) is 23.2. The van der Waals surface area contributed by atoms with Gasteiger partial charge in [-0.25, -0.2) is 0 Å². The van der Waals surface area contributed by atoms with E-state index in [4.69, 9.17) is 17.0 Å². The van der Waals surface area contributed by atoms with Gasteiger partial charge >= 0.3 is 0 Å². The van der Waals surface area contributed by atoms with Crippen LogP contribution in [0.3, 0.4) is 0 Å².